The molecule has 5 nitrogen and oxygen atoms in total. The number of terminal acetylenes is 1. The number of rotatable bonds is 7. The highest BCUT2D eigenvalue weighted by molar-refractivity contribution is 5.64. The van der Waals surface area contributed by atoms with Crippen LogP contribution in [-0.4, -0.2) is 32.0 Å². The summed E-state index contributed by atoms with van der Waals surface area (Å²) in [5, 5.41) is 0. The third-order valence-electron chi connectivity index (χ3n) is 1.95. The van der Waals surface area contributed by atoms with Crippen LogP contribution in [0.4, 0.5) is 4.79 Å². The lowest BCUT2D eigenvalue weighted by atomic mass is 10.3. The zero-order valence-corrected chi connectivity index (χ0v) is 9.87. The summed E-state index contributed by atoms with van der Waals surface area (Å²) in [6, 6.07) is 9.15. The van der Waals surface area contributed by atoms with Gasteiger partial charge in [-0.05, 0) is 12.1 Å². The van der Waals surface area contributed by atoms with Crippen LogP contribution in [0.3, 0.4) is 0 Å². The first kappa shape index (κ1) is 13.9. The maximum atomic E-state index is 10.7. The molecular weight excluding hydrogens is 234 g/mol. The molecule has 1 atom stereocenters. The van der Waals surface area contributed by atoms with Gasteiger partial charge in [0.2, 0.25) is 0 Å². The molecule has 0 bridgehead atoms. The molecule has 0 aliphatic heterocycles. The van der Waals surface area contributed by atoms with Crippen molar-refractivity contribution in [1.82, 2.24) is 0 Å². The van der Waals surface area contributed by atoms with Gasteiger partial charge in [0, 0.05) is 0 Å². The van der Waals surface area contributed by atoms with E-state index in [1.807, 2.05) is 18.2 Å². The molecule has 0 spiro atoms. The number of carbonyl (C=O) groups is 1. The molecule has 0 heterocycles. The molecule has 0 fully saturated rings. The number of hydrogen-bond acceptors (Lipinski definition) is 4. The molecule has 1 unspecified atom stereocenters. The van der Waals surface area contributed by atoms with E-state index < -0.39 is 12.2 Å². The fraction of sp³-hybridized carbons (Fsp3) is 0.308. The molecule has 0 aliphatic carbocycles. The molecule has 18 heavy (non-hydrogen) atoms. The van der Waals surface area contributed by atoms with Gasteiger partial charge < -0.3 is 19.9 Å². The van der Waals surface area contributed by atoms with Crippen molar-refractivity contribution in [2.45, 2.75) is 6.10 Å². The summed E-state index contributed by atoms with van der Waals surface area (Å²) in [6.45, 7) is 0.432. The van der Waals surface area contributed by atoms with Crippen LogP contribution in [0.25, 0.3) is 0 Å². The van der Waals surface area contributed by atoms with Gasteiger partial charge >= 0.3 is 6.09 Å². The van der Waals surface area contributed by atoms with Crippen molar-refractivity contribution >= 4 is 6.09 Å². The lowest BCUT2D eigenvalue weighted by molar-refractivity contribution is 0.0101. The Hall–Kier alpha value is -2.19. The van der Waals surface area contributed by atoms with Crippen molar-refractivity contribution in [3.63, 3.8) is 0 Å². The molecular formula is C13H15NO4. The standard InChI is InChI=1S/C13H15NO4/c1-2-8-16-9-12(18-13(14)15)10-17-11-6-4-3-5-7-11/h1,3-7,12H,8-10H2,(H2,14,15). The molecule has 0 saturated carbocycles. The normalized spacial score (nSPS) is 11.3. The number of hydrogen-bond donors (Lipinski definition) is 1. The van der Waals surface area contributed by atoms with E-state index in [1.165, 1.54) is 0 Å². The summed E-state index contributed by atoms with van der Waals surface area (Å²) in [5.41, 5.74) is 4.95. The van der Waals surface area contributed by atoms with Crippen molar-refractivity contribution in [2.24, 2.45) is 5.73 Å². The largest absolute Gasteiger partial charge is 0.490 e. The zero-order valence-electron chi connectivity index (χ0n) is 9.87. The van der Waals surface area contributed by atoms with E-state index >= 15 is 0 Å². The second kappa shape index (κ2) is 7.98. The number of benzene rings is 1. The fourth-order valence-electron chi connectivity index (χ4n) is 1.24. The van der Waals surface area contributed by atoms with Gasteiger partial charge in [-0.25, -0.2) is 4.79 Å². The van der Waals surface area contributed by atoms with Crippen LogP contribution in [0.15, 0.2) is 30.3 Å². The van der Waals surface area contributed by atoms with Gasteiger partial charge in [0.15, 0.2) is 6.10 Å². The van der Waals surface area contributed by atoms with E-state index in [2.05, 4.69) is 5.92 Å². The van der Waals surface area contributed by atoms with Gasteiger partial charge in [-0.15, -0.1) is 6.42 Å². The smallest absolute Gasteiger partial charge is 0.404 e. The number of nitrogens with two attached hydrogens (primary N) is 1. The molecule has 0 aliphatic rings. The Morgan fingerprint density at radius 1 is 1.33 bits per heavy atom. The number of amides is 1. The van der Waals surface area contributed by atoms with Crippen molar-refractivity contribution < 1.29 is 19.0 Å². The number of carbonyl (C=O) groups excluding carboxylic acids is 1. The van der Waals surface area contributed by atoms with Crippen molar-refractivity contribution in [2.75, 3.05) is 19.8 Å². The maximum absolute atomic E-state index is 10.7. The molecule has 0 saturated heterocycles. The molecule has 1 rings (SSSR count). The third kappa shape index (κ3) is 5.77. The molecule has 5 heteroatoms. The topological polar surface area (TPSA) is 70.8 Å². The first-order valence-corrected chi connectivity index (χ1v) is 5.37. The number of primary amides is 1. The summed E-state index contributed by atoms with van der Waals surface area (Å²) in [7, 11) is 0. The van der Waals surface area contributed by atoms with Crippen LogP contribution in [0.5, 0.6) is 5.75 Å². The Kier molecular flexibility index (Phi) is 6.15. The SMILES string of the molecule is C#CCOCC(COc1ccccc1)OC(N)=O. The lowest BCUT2D eigenvalue weighted by Crippen LogP contribution is -2.32. The second-order valence-corrected chi connectivity index (χ2v) is 3.40. The van der Waals surface area contributed by atoms with Gasteiger partial charge in [-0.3, -0.25) is 0 Å². The molecule has 1 aromatic rings. The first-order chi connectivity index (χ1) is 8.72. The minimum atomic E-state index is -0.874. The monoisotopic (exact) mass is 249 g/mol. The Balaban J connectivity index is 2.40. The fourth-order valence-corrected chi connectivity index (χ4v) is 1.24. The van der Waals surface area contributed by atoms with Gasteiger partial charge in [0.05, 0.1) is 6.61 Å². The molecule has 0 radical (unpaired) electrons. The Labute approximate surface area is 106 Å². The van der Waals surface area contributed by atoms with Crippen LogP contribution in [0.1, 0.15) is 0 Å². The van der Waals surface area contributed by atoms with Crippen molar-refractivity contribution in [3.05, 3.63) is 30.3 Å². The maximum Gasteiger partial charge on any atom is 0.404 e. The molecule has 96 valence electrons. The van der Waals surface area contributed by atoms with E-state index in [-0.39, 0.29) is 19.8 Å². The van der Waals surface area contributed by atoms with Crippen LogP contribution < -0.4 is 10.5 Å². The minimum Gasteiger partial charge on any atom is -0.490 e. The highest BCUT2D eigenvalue weighted by atomic mass is 16.6. The lowest BCUT2D eigenvalue weighted by Gasteiger charge is -2.16. The third-order valence-corrected chi connectivity index (χ3v) is 1.95. The summed E-state index contributed by atoms with van der Waals surface area (Å²) in [4.78, 5) is 10.7. The van der Waals surface area contributed by atoms with Crippen LogP contribution >= 0.6 is 0 Å². The predicted molar refractivity (Wildman–Crippen MR) is 66.0 cm³/mol. The average Bonchev–Trinajstić information content (AvgIpc) is 2.37. The highest BCUT2D eigenvalue weighted by Crippen LogP contribution is 2.09. The van der Waals surface area contributed by atoms with Crippen molar-refractivity contribution in [3.8, 4) is 18.1 Å². The Bertz CT molecular complexity index is 399. The summed E-state index contributed by atoms with van der Waals surface area (Å²) < 4.78 is 15.4. The molecule has 1 amide bonds. The van der Waals surface area contributed by atoms with E-state index in [0.717, 1.165) is 0 Å². The van der Waals surface area contributed by atoms with Crippen LogP contribution in [0.2, 0.25) is 0 Å². The Morgan fingerprint density at radius 3 is 2.67 bits per heavy atom. The summed E-state index contributed by atoms with van der Waals surface area (Å²) in [5.74, 6) is 2.99. The van der Waals surface area contributed by atoms with E-state index in [0.29, 0.717) is 5.75 Å². The molecule has 0 aromatic heterocycles. The van der Waals surface area contributed by atoms with Gasteiger partial charge in [-0.2, -0.15) is 0 Å². The second-order valence-electron chi connectivity index (χ2n) is 3.40. The van der Waals surface area contributed by atoms with E-state index in [9.17, 15) is 4.79 Å². The highest BCUT2D eigenvalue weighted by Gasteiger charge is 2.13. The zero-order chi connectivity index (χ0) is 13.2. The van der Waals surface area contributed by atoms with Gasteiger partial charge in [-0.1, -0.05) is 24.1 Å². The molecule has 1 aromatic carbocycles. The minimum absolute atomic E-state index is 0.139. The van der Waals surface area contributed by atoms with Crippen molar-refractivity contribution in [1.29, 1.82) is 0 Å². The van der Waals surface area contributed by atoms with Gasteiger partial charge in [0.1, 0.15) is 19.0 Å². The van der Waals surface area contributed by atoms with Crippen LogP contribution in [-0.2, 0) is 9.47 Å². The summed E-state index contributed by atoms with van der Waals surface area (Å²) in [6.07, 6.45) is 3.58. The van der Waals surface area contributed by atoms with E-state index in [1.54, 1.807) is 12.1 Å². The quantitative estimate of drug-likeness (QED) is 0.582. The number of para-hydroxylation sites is 1. The molecule has 2 N–H and O–H groups in total. The predicted octanol–water partition coefficient (Wildman–Crippen LogP) is 1.18. The summed E-state index contributed by atoms with van der Waals surface area (Å²) >= 11 is 0. The average molecular weight is 249 g/mol. The van der Waals surface area contributed by atoms with Crippen LogP contribution in [0, 0.1) is 12.3 Å². The van der Waals surface area contributed by atoms with E-state index in [4.69, 9.17) is 26.4 Å². The number of ether oxygens (including phenoxy) is 3. The Morgan fingerprint density at radius 2 is 2.06 bits per heavy atom. The van der Waals surface area contributed by atoms with Gasteiger partial charge in [0.25, 0.3) is 0 Å². The first-order valence-electron chi connectivity index (χ1n) is 5.37.